The second-order valence-corrected chi connectivity index (χ2v) is 8.40. The zero-order valence-electron chi connectivity index (χ0n) is 17.2. The number of benzene rings is 1. The molecule has 0 N–H and O–H groups in total. The van der Waals surface area contributed by atoms with Gasteiger partial charge in [-0.3, -0.25) is 4.79 Å². The Morgan fingerprint density at radius 2 is 1.79 bits per heavy atom. The number of para-hydroxylation sites is 1. The number of carbonyl (C=O) groups excluding carboxylic acids is 1. The van der Waals surface area contributed by atoms with Gasteiger partial charge in [0.1, 0.15) is 16.3 Å². The summed E-state index contributed by atoms with van der Waals surface area (Å²) in [6.07, 6.45) is 1.49. The van der Waals surface area contributed by atoms with Crippen LogP contribution in [0.15, 0.2) is 41.4 Å². The van der Waals surface area contributed by atoms with Crippen molar-refractivity contribution in [2.75, 3.05) is 26.7 Å². The van der Waals surface area contributed by atoms with Gasteiger partial charge < -0.3 is 14.2 Å². The molecule has 0 radical (unpaired) electrons. The fraction of sp³-hybridized carbons (Fsp3) is 0.450. The van der Waals surface area contributed by atoms with Gasteiger partial charge in [0.05, 0.1) is 6.61 Å². The van der Waals surface area contributed by atoms with Gasteiger partial charge in [0.25, 0.3) is 5.91 Å². The zero-order valence-corrected chi connectivity index (χ0v) is 18.0. The van der Waals surface area contributed by atoms with E-state index in [0.29, 0.717) is 31.9 Å². The number of carbonyl (C=O) groups is 1. The van der Waals surface area contributed by atoms with Crippen molar-refractivity contribution in [3.05, 3.63) is 47.8 Å². The maximum absolute atomic E-state index is 12.9. The Balaban J connectivity index is 2.27. The molecular weight excluding hydrogens is 378 g/mol. The van der Waals surface area contributed by atoms with Crippen LogP contribution in [0.5, 0.6) is 5.75 Å². The topological polar surface area (TPSA) is 71.8 Å². The van der Waals surface area contributed by atoms with Gasteiger partial charge in [0, 0.05) is 45.5 Å². The molecule has 0 saturated heterocycles. The number of sulfonamides is 1. The molecule has 7 nitrogen and oxygen atoms in total. The van der Waals surface area contributed by atoms with Crippen LogP contribution in [0.25, 0.3) is 0 Å². The average Bonchev–Trinajstić information content (AvgIpc) is 3.06. The smallest absolute Gasteiger partial charge is 0.270 e. The standard InChI is InChI=1S/C20H29N3O4S/c1-6-23(7-2)28(25,26)17-13-18(21(4)15-17)20(24)22(5)14-16-11-9-10-12-19(16)27-8-3/h9-13,15H,6-8,14H2,1-5H3. The minimum atomic E-state index is -3.61. The number of rotatable bonds is 9. The highest BCUT2D eigenvalue weighted by Crippen LogP contribution is 2.22. The molecule has 0 fully saturated rings. The van der Waals surface area contributed by atoms with Crippen LogP contribution in [0.2, 0.25) is 0 Å². The first-order valence-electron chi connectivity index (χ1n) is 9.38. The average molecular weight is 408 g/mol. The minimum absolute atomic E-state index is 0.130. The summed E-state index contributed by atoms with van der Waals surface area (Å²) in [5, 5.41) is 0. The summed E-state index contributed by atoms with van der Waals surface area (Å²) in [7, 11) is -0.245. The Bertz CT molecular complexity index is 917. The van der Waals surface area contributed by atoms with Crippen molar-refractivity contribution in [1.82, 2.24) is 13.8 Å². The Kier molecular flexibility index (Phi) is 7.26. The molecule has 0 unspecified atom stereocenters. The SMILES string of the molecule is CCOc1ccccc1CN(C)C(=O)c1cc(S(=O)(=O)N(CC)CC)cn1C. The summed E-state index contributed by atoms with van der Waals surface area (Å²) in [5.41, 5.74) is 1.22. The van der Waals surface area contributed by atoms with Crippen molar-refractivity contribution < 1.29 is 17.9 Å². The molecule has 0 saturated carbocycles. The lowest BCUT2D eigenvalue weighted by molar-refractivity contribution is 0.0774. The largest absolute Gasteiger partial charge is 0.494 e. The number of amides is 1. The monoisotopic (exact) mass is 407 g/mol. The van der Waals surface area contributed by atoms with Crippen LogP contribution in [0.3, 0.4) is 0 Å². The molecule has 0 aliphatic rings. The van der Waals surface area contributed by atoms with E-state index in [9.17, 15) is 13.2 Å². The molecular formula is C20H29N3O4S. The van der Waals surface area contributed by atoms with Crippen molar-refractivity contribution in [2.24, 2.45) is 7.05 Å². The van der Waals surface area contributed by atoms with E-state index in [4.69, 9.17) is 4.74 Å². The number of aryl methyl sites for hydroxylation is 1. The van der Waals surface area contributed by atoms with Crippen LogP contribution in [-0.2, 0) is 23.6 Å². The van der Waals surface area contributed by atoms with E-state index in [1.807, 2.05) is 31.2 Å². The second kappa shape index (κ2) is 9.25. The highest BCUT2D eigenvalue weighted by Gasteiger charge is 2.26. The van der Waals surface area contributed by atoms with E-state index in [2.05, 4.69) is 0 Å². The van der Waals surface area contributed by atoms with Crippen molar-refractivity contribution in [1.29, 1.82) is 0 Å². The molecule has 1 aromatic carbocycles. The summed E-state index contributed by atoms with van der Waals surface area (Å²) in [4.78, 5) is 14.6. The van der Waals surface area contributed by atoms with Crippen molar-refractivity contribution in [3.63, 3.8) is 0 Å². The maximum Gasteiger partial charge on any atom is 0.270 e. The van der Waals surface area contributed by atoms with Gasteiger partial charge in [0.15, 0.2) is 0 Å². The molecule has 0 spiro atoms. The van der Waals surface area contributed by atoms with Crippen LogP contribution in [0.4, 0.5) is 0 Å². The van der Waals surface area contributed by atoms with Gasteiger partial charge >= 0.3 is 0 Å². The zero-order chi connectivity index (χ0) is 20.9. The summed E-state index contributed by atoms with van der Waals surface area (Å²) in [5.74, 6) is 0.483. The summed E-state index contributed by atoms with van der Waals surface area (Å²) < 4.78 is 34.0. The lowest BCUT2D eigenvalue weighted by Crippen LogP contribution is -2.30. The number of ether oxygens (including phenoxy) is 1. The summed E-state index contributed by atoms with van der Waals surface area (Å²) in [6.45, 7) is 7.15. The molecule has 1 amide bonds. The third-order valence-electron chi connectivity index (χ3n) is 4.57. The predicted octanol–water partition coefficient (Wildman–Crippen LogP) is 2.73. The van der Waals surface area contributed by atoms with Crippen LogP contribution >= 0.6 is 0 Å². The Hall–Kier alpha value is -2.32. The van der Waals surface area contributed by atoms with Gasteiger partial charge in [-0.25, -0.2) is 8.42 Å². The molecule has 2 rings (SSSR count). The molecule has 0 aliphatic carbocycles. The first-order chi connectivity index (χ1) is 13.3. The van der Waals surface area contributed by atoms with E-state index in [-0.39, 0.29) is 10.8 Å². The highest BCUT2D eigenvalue weighted by molar-refractivity contribution is 7.89. The van der Waals surface area contributed by atoms with Crippen LogP contribution < -0.4 is 4.74 Å². The molecule has 1 aromatic heterocycles. The van der Waals surface area contributed by atoms with E-state index < -0.39 is 10.0 Å². The molecule has 0 atom stereocenters. The quantitative estimate of drug-likeness (QED) is 0.641. The van der Waals surface area contributed by atoms with Gasteiger partial charge in [-0.1, -0.05) is 32.0 Å². The van der Waals surface area contributed by atoms with Crippen LogP contribution in [0, 0.1) is 0 Å². The number of hydrogen-bond acceptors (Lipinski definition) is 4. The minimum Gasteiger partial charge on any atom is -0.494 e. The van der Waals surface area contributed by atoms with E-state index in [1.54, 1.807) is 37.4 Å². The molecule has 0 aliphatic heterocycles. The van der Waals surface area contributed by atoms with Gasteiger partial charge in [-0.05, 0) is 19.1 Å². The summed E-state index contributed by atoms with van der Waals surface area (Å²) >= 11 is 0. The van der Waals surface area contributed by atoms with Crippen molar-refractivity contribution in [3.8, 4) is 5.75 Å². The maximum atomic E-state index is 12.9. The fourth-order valence-corrected chi connectivity index (χ4v) is 4.58. The van der Waals surface area contributed by atoms with E-state index >= 15 is 0 Å². The van der Waals surface area contributed by atoms with Crippen LogP contribution in [0.1, 0.15) is 36.8 Å². The Labute approximate surface area is 167 Å². The van der Waals surface area contributed by atoms with Gasteiger partial charge in [-0.2, -0.15) is 4.31 Å². The van der Waals surface area contributed by atoms with E-state index in [0.717, 1.165) is 11.3 Å². The molecule has 1 heterocycles. The lowest BCUT2D eigenvalue weighted by Gasteiger charge is -2.19. The first kappa shape index (κ1) is 22.0. The lowest BCUT2D eigenvalue weighted by atomic mass is 10.2. The van der Waals surface area contributed by atoms with Crippen molar-refractivity contribution >= 4 is 15.9 Å². The predicted molar refractivity (Wildman–Crippen MR) is 109 cm³/mol. The first-order valence-corrected chi connectivity index (χ1v) is 10.8. The highest BCUT2D eigenvalue weighted by atomic mass is 32.2. The number of nitrogens with zero attached hydrogens (tertiary/aromatic N) is 3. The van der Waals surface area contributed by atoms with Gasteiger partial charge in [0.2, 0.25) is 10.0 Å². The Morgan fingerprint density at radius 3 is 2.39 bits per heavy atom. The van der Waals surface area contributed by atoms with E-state index in [1.165, 1.54) is 16.6 Å². The molecule has 2 aromatic rings. The van der Waals surface area contributed by atoms with Gasteiger partial charge in [-0.15, -0.1) is 0 Å². The molecule has 154 valence electrons. The molecule has 28 heavy (non-hydrogen) atoms. The Morgan fingerprint density at radius 1 is 1.14 bits per heavy atom. The number of aromatic nitrogens is 1. The summed E-state index contributed by atoms with van der Waals surface area (Å²) in [6, 6.07) is 9.01. The fourth-order valence-electron chi connectivity index (χ4n) is 3.05. The molecule has 0 bridgehead atoms. The van der Waals surface area contributed by atoms with Crippen LogP contribution in [-0.4, -0.2) is 54.8 Å². The molecule has 8 heteroatoms. The number of hydrogen-bond donors (Lipinski definition) is 0. The third kappa shape index (κ3) is 4.56. The van der Waals surface area contributed by atoms with Crippen molar-refractivity contribution in [2.45, 2.75) is 32.2 Å². The third-order valence-corrected chi connectivity index (χ3v) is 6.58. The normalized spacial score (nSPS) is 11.6. The second-order valence-electron chi connectivity index (χ2n) is 6.46.